The van der Waals surface area contributed by atoms with Crippen molar-refractivity contribution in [1.29, 1.82) is 0 Å². The number of hydrogen-bond donors (Lipinski definition) is 2. The third kappa shape index (κ3) is 6.49. The van der Waals surface area contributed by atoms with Gasteiger partial charge in [0.1, 0.15) is 23.0 Å². The number of esters is 1. The Kier molecular flexibility index (Phi) is 8.95. The number of amides is 1. The molecule has 0 aliphatic heterocycles. The summed E-state index contributed by atoms with van der Waals surface area (Å²) >= 11 is 0. The predicted molar refractivity (Wildman–Crippen MR) is 184 cm³/mol. The number of H-pyrrole nitrogens is 1. The Morgan fingerprint density at radius 2 is 1.78 bits per heavy atom. The lowest BCUT2D eigenvalue weighted by Crippen LogP contribution is -2.25. The maximum Gasteiger partial charge on any atom is 0.306 e. The number of halogens is 2. The van der Waals surface area contributed by atoms with Crippen molar-refractivity contribution in [1.82, 2.24) is 15.3 Å². The summed E-state index contributed by atoms with van der Waals surface area (Å²) < 4.78 is 66.7. The SMILES string of the molecule is CCOC(=O)CCc1ccc(-c2cc3c(C(=O)NC)c(-c4ccc(F)cc4)oc3cc2N(C)S(C)(=O)=O)nc1-c1cc2c(F)cccc2[nH]1. The number of carbonyl (C=O) groups excluding carboxylic acids is 2. The van der Waals surface area contributed by atoms with Gasteiger partial charge in [0.05, 0.1) is 41.2 Å². The number of aromatic nitrogens is 2. The highest BCUT2D eigenvalue weighted by Gasteiger charge is 2.27. The molecule has 0 spiro atoms. The number of carbonyl (C=O) groups is 2. The van der Waals surface area contributed by atoms with Crippen LogP contribution in [0.4, 0.5) is 14.5 Å². The lowest BCUT2D eigenvalue weighted by Gasteiger charge is -2.21. The van der Waals surface area contributed by atoms with Crippen LogP contribution in [0, 0.1) is 11.6 Å². The van der Waals surface area contributed by atoms with Gasteiger partial charge in [-0.05, 0) is 73.5 Å². The Balaban J connectivity index is 1.61. The van der Waals surface area contributed by atoms with Crippen LogP contribution in [0.2, 0.25) is 0 Å². The van der Waals surface area contributed by atoms with E-state index in [9.17, 15) is 26.8 Å². The van der Waals surface area contributed by atoms with Gasteiger partial charge in [-0.2, -0.15) is 0 Å². The summed E-state index contributed by atoms with van der Waals surface area (Å²) in [7, 11) is -0.955. The highest BCUT2D eigenvalue weighted by molar-refractivity contribution is 7.92. The molecular formula is C36H32F2N4O6S. The summed E-state index contributed by atoms with van der Waals surface area (Å²) in [4.78, 5) is 33.8. The third-order valence-electron chi connectivity index (χ3n) is 8.23. The number of pyridine rings is 1. The Morgan fingerprint density at radius 3 is 2.45 bits per heavy atom. The number of furan rings is 1. The van der Waals surface area contributed by atoms with Gasteiger partial charge < -0.3 is 19.5 Å². The first-order chi connectivity index (χ1) is 23.4. The zero-order chi connectivity index (χ0) is 35.0. The number of ether oxygens (including phenoxy) is 1. The predicted octanol–water partition coefficient (Wildman–Crippen LogP) is 6.84. The van der Waals surface area contributed by atoms with E-state index in [1.165, 1.54) is 50.5 Å². The molecule has 6 aromatic rings. The second-order valence-electron chi connectivity index (χ2n) is 11.4. The number of fused-ring (bicyclic) bond motifs is 2. The molecule has 0 aliphatic carbocycles. The molecule has 0 bridgehead atoms. The van der Waals surface area contributed by atoms with Crippen LogP contribution in [0.5, 0.6) is 0 Å². The van der Waals surface area contributed by atoms with E-state index in [0.717, 1.165) is 10.6 Å². The normalized spacial score (nSPS) is 11.6. The van der Waals surface area contributed by atoms with Crippen LogP contribution in [-0.2, 0) is 26.0 Å². The van der Waals surface area contributed by atoms with Crippen molar-refractivity contribution in [2.45, 2.75) is 19.8 Å². The van der Waals surface area contributed by atoms with Crippen LogP contribution in [0.25, 0.3) is 55.8 Å². The van der Waals surface area contributed by atoms with E-state index < -0.39 is 27.6 Å². The quantitative estimate of drug-likeness (QED) is 0.151. The summed E-state index contributed by atoms with van der Waals surface area (Å²) in [6.07, 6.45) is 1.39. The number of hydrogen-bond acceptors (Lipinski definition) is 7. The molecule has 0 fully saturated rings. The van der Waals surface area contributed by atoms with Crippen molar-refractivity contribution in [3.05, 3.63) is 95.6 Å². The maximum atomic E-state index is 14.8. The fourth-order valence-electron chi connectivity index (χ4n) is 5.72. The van der Waals surface area contributed by atoms with Crippen LogP contribution < -0.4 is 9.62 Å². The highest BCUT2D eigenvalue weighted by Crippen LogP contribution is 2.42. The summed E-state index contributed by atoms with van der Waals surface area (Å²) in [5.74, 6) is -1.59. The largest absolute Gasteiger partial charge is 0.466 e. The molecule has 13 heteroatoms. The zero-order valence-electron chi connectivity index (χ0n) is 27.1. The minimum Gasteiger partial charge on any atom is -0.466 e. The van der Waals surface area contributed by atoms with Gasteiger partial charge in [-0.15, -0.1) is 0 Å². The number of rotatable bonds is 10. The van der Waals surface area contributed by atoms with Gasteiger partial charge in [0.15, 0.2) is 0 Å². The molecule has 0 saturated carbocycles. The number of anilines is 1. The molecule has 3 heterocycles. The molecule has 252 valence electrons. The molecule has 49 heavy (non-hydrogen) atoms. The maximum absolute atomic E-state index is 14.8. The van der Waals surface area contributed by atoms with Crippen molar-refractivity contribution in [3.8, 4) is 34.0 Å². The van der Waals surface area contributed by atoms with E-state index in [1.54, 1.807) is 43.3 Å². The monoisotopic (exact) mass is 686 g/mol. The van der Waals surface area contributed by atoms with Crippen molar-refractivity contribution in [3.63, 3.8) is 0 Å². The first-order valence-corrected chi connectivity index (χ1v) is 17.2. The van der Waals surface area contributed by atoms with Crippen molar-refractivity contribution in [2.75, 3.05) is 31.3 Å². The van der Waals surface area contributed by atoms with Crippen LogP contribution in [0.1, 0.15) is 29.3 Å². The van der Waals surface area contributed by atoms with E-state index in [2.05, 4.69) is 10.3 Å². The zero-order valence-corrected chi connectivity index (χ0v) is 27.9. The van der Waals surface area contributed by atoms with E-state index in [4.69, 9.17) is 14.1 Å². The number of nitrogens with zero attached hydrogens (tertiary/aromatic N) is 2. The lowest BCUT2D eigenvalue weighted by molar-refractivity contribution is -0.143. The molecule has 0 aliphatic rings. The number of sulfonamides is 1. The van der Waals surface area contributed by atoms with E-state index >= 15 is 0 Å². The Bertz CT molecular complexity index is 2350. The van der Waals surface area contributed by atoms with Crippen LogP contribution in [0.3, 0.4) is 0 Å². The van der Waals surface area contributed by atoms with Gasteiger partial charge in [0.2, 0.25) is 10.0 Å². The van der Waals surface area contributed by atoms with Gasteiger partial charge >= 0.3 is 5.97 Å². The molecular weight excluding hydrogens is 654 g/mol. The molecule has 3 aromatic carbocycles. The molecule has 0 atom stereocenters. The summed E-state index contributed by atoms with van der Waals surface area (Å²) in [6, 6.07) is 18.4. The molecule has 10 nitrogen and oxygen atoms in total. The van der Waals surface area contributed by atoms with Gasteiger partial charge in [-0.1, -0.05) is 12.1 Å². The van der Waals surface area contributed by atoms with E-state index in [-0.39, 0.29) is 48.0 Å². The highest BCUT2D eigenvalue weighted by atomic mass is 32.2. The average Bonchev–Trinajstić information content (AvgIpc) is 3.69. The summed E-state index contributed by atoms with van der Waals surface area (Å²) in [5.41, 5.74) is 3.79. The molecule has 3 aromatic heterocycles. The number of aryl methyl sites for hydroxylation is 1. The van der Waals surface area contributed by atoms with E-state index in [0.29, 0.717) is 50.1 Å². The van der Waals surface area contributed by atoms with Gasteiger partial charge in [0.25, 0.3) is 5.91 Å². The Hall–Kier alpha value is -5.56. The third-order valence-corrected chi connectivity index (χ3v) is 9.42. The number of nitrogens with one attached hydrogen (secondary N) is 2. The first kappa shape index (κ1) is 33.3. The van der Waals surface area contributed by atoms with Crippen molar-refractivity contribution < 1.29 is 35.9 Å². The second-order valence-corrected chi connectivity index (χ2v) is 13.4. The van der Waals surface area contributed by atoms with Crippen LogP contribution >= 0.6 is 0 Å². The van der Waals surface area contributed by atoms with Gasteiger partial charge in [-0.3, -0.25) is 13.9 Å². The standard InChI is InChI=1S/C36H32F2N4O6S/c1-5-47-32(43)16-12-20-11-15-28(41-34(20)29-18-23-26(38)7-6-8-27(23)40-29)24-17-25-31(19-30(24)42(3)49(4,45)46)48-35(33(25)36(44)39-2)21-9-13-22(37)14-10-21/h6-11,13-15,17-19,40H,5,12,16H2,1-4H3,(H,39,44). The second kappa shape index (κ2) is 13.2. The Labute approximate surface area is 280 Å². The molecule has 2 N–H and O–H groups in total. The number of aromatic amines is 1. The van der Waals surface area contributed by atoms with Crippen molar-refractivity contribution >= 4 is 49.5 Å². The topological polar surface area (TPSA) is 135 Å². The molecule has 0 radical (unpaired) electrons. The molecule has 6 rings (SSSR count). The average molecular weight is 687 g/mol. The van der Waals surface area contributed by atoms with E-state index in [1.807, 2.05) is 0 Å². The first-order valence-electron chi connectivity index (χ1n) is 15.4. The summed E-state index contributed by atoms with van der Waals surface area (Å²) in [5, 5.41) is 3.33. The summed E-state index contributed by atoms with van der Waals surface area (Å²) in [6.45, 7) is 1.96. The van der Waals surface area contributed by atoms with Gasteiger partial charge in [-0.25, -0.2) is 22.2 Å². The van der Waals surface area contributed by atoms with Gasteiger partial charge in [0, 0.05) is 54.0 Å². The minimum absolute atomic E-state index is 0.0706. The van der Waals surface area contributed by atoms with Crippen LogP contribution in [-0.4, -0.2) is 57.2 Å². The Morgan fingerprint density at radius 1 is 1.02 bits per heavy atom. The minimum atomic E-state index is -3.81. The molecule has 1 amide bonds. The lowest BCUT2D eigenvalue weighted by atomic mass is 9.99. The van der Waals surface area contributed by atoms with Crippen LogP contribution in [0.15, 0.2) is 77.2 Å². The molecule has 0 unspecified atom stereocenters. The number of benzene rings is 3. The van der Waals surface area contributed by atoms with Crippen molar-refractivity contribution in [2.24, 2.45) is 0 Å². The smallest absolute Gasteiger partial charge is 0.306 e. The molecule has 0 saturated heterocycles. The fraction of sp³-hybridized carbons (Fsp3) is 0.194. The fourth-order valence-corrected chi connectivity index (χ4v) is 6.23.